The number of carboxylic acid groups (broad SMARTS) is 1. The summed E-state index contributed by atoms with van der Waals surface area (Å²) in [5.74, 6) is -0.224. The predicted molar refractivity (Wildman–Crippen MR) is 63.0 cm³/mol. The summed E-state index contributed by atoms with van der Waals surface area (Å²) in [6, 6.07) is 7.60. The van der Waals surface area contributed by atoms with Crippen LogP contribution in [-0.2, 0) is 11.3 Å². The van der Waals surface area contributed by atoms with Crippen LogP contribution >= 0.6 is 15.9 Å². The van der Waals surface area contributed by atoms with E-state index in [0.29, 0.717) is 5.82 Å². The van der Waals surface area contributed by atoms with Gasteiger partial charge in [-0.25, -0.2) is 4.98 Å². The molecule has 5 heteroatoms. The second-order valence-electron chi connectivity index (χ2n) is 3.28. The minimum atomic E-state index is -0.880. The van der Waals surface area contributed by atoms with E-state index in [2.05, 4.69) is 20.9 Å². The van der Waals surface area contributed by atoms with Gasteiger partial charge in [0.2, 0.25) is 0 Å². The summed E-state index contributed by atoms with van der Waals surface area (Å²) in [5, 5.41) is 8.75. The third kappa shape index (κ3) is 2.30. The topological polar surface area (TPSA) is 55.1 Å². The molecule has 0 fully saturated rings. The van der Waals surface area contributed by atoms with Gasteiger partial charge in [0.05, 0.1) is 0 Å². The molecule has 2 rings (SSSR count). The molecular formula is C11H9BrN2O2. The Labute approximate surface area is 101 Å². The van der Waals surface area contributed by atoms with Gasteiger partial charge in [-0.15, -0.1) is 0 Å². The van der Waals surface area contributed by atoms with Crippen molar-refractivity contribution in [1.82, 2.24) is 9.55 Å². The van der Waals surface area contributed by atoms with E-state index in [1.165, 1.54) is 0 Å². The lowest BCUT2D eigenvalue weighted by atomic mass is 10.2. The molecule has 2 aromatic rings. The molecule has 4 nitrogen and oxygen atoms in total. The van der Waals surface area contributed by atoms with Crippen LogP contribution in [0.4, 0.5) is 0 Å². The lowest BCUT2D eigenvalue weighted by Crippen LogP contribution is -2.09. The average molecular weight is 281 g/mol. The number of benzene rings is 1. The van der Waals surface area contributed by atoms with E-state index in [0.717, 1.165) is 10.0 Å². The van der Waals surface area contributed by atoms with Crippen molar-refractivity contribution in [3.8, 4) is 11.4 Å². The molecule has 1 N–H and O–H groups in total. The SMILES string of the molecule is O=C(O)Cn1ccnc1-c1cccc(Br)c1. The minimum Gasteiger partial charge on any atom is -0.480 e. The van der Waals surface area contributed by atoms with Crippen LogP contribution in [0.3, 0.4) is 0 Å². The van der Waals surface area contributed by atoms with Crippen LogP contribution < -0.4 is 0 Å². The second kappa shape index (κ2) is 4.49. The first-order chi connectivity index (χ1) is 7.66. The molecule has 0 radical (unpaired) electrons. The lowest BCUT2D eigenvalue weighted by Gasteiger charge is -2.05. The van der Waals surface area contributed by atoms with Gasteiger partial charge in [0.25, 0.3) is 0 Å². The number of carboxylic acids is 1. The summed E-state index contributed by atoms with van der Waals surface area (Å²) in [6.45, 7) is -0.0815. The minimum absolute atomic E-state index is 0.0815. The monoisotopic (exact) mass is 280 g/mol. The van der Waals surface area contributed by atoms with Gasteiger partial charge in [0, 0.05) is 22.4 Å². The van der Waals surface area contributed by atoms with Crippen LogP contribution in [-0.4, -0.2) is 20.6 Å². The van der Waals surface area contributed by atoms with Crippen LogP contribution in [0.2, 0.25) is 0 Å². The van der Waals surface area contributed by atoms with Gasteiger partial charge in [0.1, 0.15) is 12.4 Å². The molecule has 16 heavy (non-hydrogen) atoms. The zero-order valence-corrected chi connectivity index (χ0v) is 9.89. The van der Waals surface area contributed by atoms with Gasteiger partial charge in [-0.3, -0.25) is 4.79 Å². The highest BCUT2D eigenvalue weighted by atomic mass is 79.9. The summed E-state index contributed by atoms with van der Waals surface area (Å²) in [6.07, 6.45) is 3.25. The molecule has 0 aliphatic carbocycles. The van der Waals surface area contributed by atoms with E-state index in [-0.39, 0.29) is 6.54 Å². The fraction of sp³-hybridized carbons (Fsp3) is 0.0909. The molecule has 0 aliphatic rings. The molecule has 0 amide bonds. The van der Waals surface area contributed by atoms with Crippen LogP contribution in [0.15, 0.2) is 41.1 Å². The maximum Gasteiger partial charge on any atom is 0.323 e. The van der Waals surface area contributed by atoms with Crippen LogP contribution in [0.5, 0.6) is 0 Å². The van der Waals surface area contributed by atoms with E-state index >= 15 is 0 Å². The first-order valence-corrected chi connectivity index (χ1v) is 5.45. The second-order valence-corrected chi connectivity index (χ2v) is 4.20. The van der Waals surface area contributed by atoms with Gasteiger partial charge in [-0.1, -0.05) is 28.1 Å². The van der Waals surface area contributed by atoms with Crippen LogP contribution in [0.25, 0.3) is 11.4 Å². The molecule has 0 bridgehead atoms. The Hall–Kier alpha value is -1.62. The number of aliphatic carboxylic acids is 1. The van der Waals surface area contributed by atoms with Crippen molar-refractivity contribution in [3.63, 3.8) is 0 Å². The highest BCUT2D eigenvalue weighted by Crippen LogP contribution is 2.21. The maximum absolute atomic E-state index is 10.7. The van der Waals surface area contributed by atoms with E-state index in [4.69, 9.17) is 5.11 Å². The summed E-state index contributed by atoms with van der Waals surface area (Å²) in [5.41, 5.74) is 0.889. The Morgan fingerprint density at radius 1 is 1.50 bits per heavy atom. The number of halogens is 1. The van der Waals surface area contributed by atoms with Crippen molar-refractivity contribution in [2.75, 3.05) is 0 Å². The van der Waals surface area contributed by atoms with Crippen LogP contribution in [0, 0.1) is 0 Å². The van der Waals surface area contributed by atoms with E-state index in [9.17, 15) is 4.79 Å². The highest BCUT2D eigenvalue weighted by molar-refractivity contribution is 9.10. The Morgan fingerprint density at radius 2 is 2.31 bits per heavy atom. The molecule has 1 aromatic carbocycles. The number of aromatic nitrogens is 2. The van der Waals surface area contributed by atoms with Gasteiger partial charge in [-0.2, -0.15) is 0 Å². The number of nitrogens with zero attached hydrogens (tertiary/aromatic N) is 2. The Kier molecular flexibility index (Phi) is 3.05. The van der Waals surface area contributed by atoms with Gasteiger partial charge >= 0.3 is 5.97 Å². The van der Waals surface area contributed by atoms with Crippen LogP contribution in [0.1, 0.15) is 0 Å². The van der Waals surface area contributed by atoms with Crippen molar-refractivity contribution >= 4 is 21.9 Å². The van der Waals surface area contributed by atoms with E-state index in [1.54, 1.807) is 17.0 Å². The van der Waals surface area contributed by atoms with Crippen molar-refractivity contribution in [2.45, 2.75) is 6.54 Å². The molecule has 0 saturated heterocycles. The third-order valence-corrected chi connectivity index (χ3v) is 2.60. The number of rotatable bonds is 3. The first-order valence-electron chi connectivity index (χ1n) is 4.65. The molecule has 1 heterocycles. The van der Waals surface area contributed by atoms with Gasteiger partial charge in [-0.05, 0) is 12.1 Å². The maximum atomic E-state index is 10.7. The number of hydrogen-bond acceptors (Lipinski definition) is 2. The summed E-state index contributed by atoms with van der Waals surface area (Å²) in [4.78, 5) is 14.8. The average Bonchev–Trinajstić information content (AvgIpc) is 2.65. The van der Waals surface area contributed by atoms with Gasteiger partial charge in [0.15, 0.2) is 0 Å². The van der Waals surface area contributed by atoms with E-state index < -0.39 is 5.97 Å². The number of carbonyl (C=O) groups is 1. The number of hydrogen-bond donors (Lipinski definition) is 1. The summed E-state index contributed by atoms with van der Waals surface area (Å²) >= 11 is 3.37. The molecule has 0 aliphatic heterocycles. The lowest BCUT2D eigenvalue weighted by molar-refractivity contribution is -0.137. The zero-order chi connectivity index (χ0) is 11.5. The third-order valence-electron chi connectivity index (χ3n) is 2.10. The van der Waals surface area contributed by atoms with Crippen molar-refractivity contribution in [1.29, 1.82) is 0 Å². The fourth-order valence-corrected chi connectivity index (χ4v) is 1.87. The Bertz CT molecular complexity index is 522. The highest BCUT2D eigenvalue weighted by Gasteiger charge is 2.08. The quantitative estimate of drug-likeness (QED) is 0.939. The zero-order valence-electron chi connectivity index (χ0n) is 8.30. The van der Waals surface area contributed by atoms with E-state index in [1.807, 2.05) is 24.3 Å². The molecule has 82 valence electrons. The fourth-order valence-electron chi connectivity index (χ4n) is 1.47. The molecule has 0 saturated carbocycles. The number of imidazole rings is 1. The Morgan fingerprint density at radius 3 is 3.00 bits per heavy atom. The Balaban J connectivity index is 2.40. The normalized spacial score (nSPS) is 10.3. The predicted octanol–water partition coefficient (Wildman–Crippen LogP) is 2.40. The first kappa shape index (κ1) is 10.9. The molecule has 1 aromatic heterocycles. The molecule has 0 unspecified atom stereocenters. The molecule has 0 atom stereocenters. The summed E-state index contributed by atoms with van der Waals surface area (Å²) < 4.78 is 2.54. The van der Waals surface area contributed by atoms with Gasteiger partial charge < -0.3 is 9.67 Å². The van der Waals surface area contributed by atoms with Crippen molar-refractivity contribution in [2.24, 2.45) is 0 Å². The smallest absolute Gasteiger partial charge is 0.323 e. The van der Waals surface area contributed by atoms with Crippen molar-refractivity contribution in [3.05, 3.63) is 41.1 Å². The van der Waals surface area contributed by atoms with Crippen molar-refractivity contribution < 1.29 is 9.90 Å². The largest absolute Gasteiger partial charge is 0.480 e. The molecule has 0 spiro atoms. The molecular weight excluding hydrogens is 272 g/mol. The summed E-state index contributed by atoms with van der Waals surface area (Å²) in [7, 11) is 0. The standard InChI is InChI=1S/C11H9BrN2O2/c12-9-3-1-2-8(6-9)11-13-4-5-14(11)7-10(15)16/h1-6H,7H2,(H,15,16).